The first-order valence-electron chi connectivity index (χ1n) is 11.8. The molecule has 0 rings (SSSR count). The van der Waals surface area contributed by atoms with Gasteiger partial charge in [0.2, 0.25) is 17.7 Å². The van der Waals surface area contributed by atoms with Gasteiger partial charge in [0.25, 0.3) is 0 Å². The molecule has 13 heteroatoms. The van der Waals surface area contributed by atoms with Gasteiger partial charge in [-0.2, -0.15) is 0 Å². The van der Waals surface area contributed by atoms with E-state index in [0.717, 1.165) is 6.42 Å². The van der Waals surface area contributed by atoms with Crippen LogP contribution in [0.25, 0.3) is 0 Å². The lowest BCUT2D eigenvalue weighted by atomic mass is 10.1. The molecule has 0 aliphatic carbocycles. The lowest BCUT2D eigenvalue weighted by Gasteiger charge is -2.24. The molecule has 13 N–H and O–H groups in total. The summed E-state index contributed by atoms with van der Waals surface area (Å²) in [4.78, 5) is 49.2. The predicted molar refractivity (Wildman–Crippen MR) is 127 cm³/mol. The van der Waals surface area contributed by atoms with Crippen molar-refractivity contribution >= 4 is 23.7 Å². The van der Waals surface area contributed by atoms with E-state index in [1.165, 1.54) is 0 Å². The summed E-state index contributed by atoms with van der Waals surface area (Å²) < 4.78 is 0. The number of aliphatic carboxylic acids is 1. The van der Waals surface area contributed by atoms with E-state index in [4.69, 9.17) is 22.9 Å². The van der Waals surface area contributed by atoms with Crippen molar-refractivity contribution in [3.05, 3.63) is 0 Å². The monoisotopic (exact) mass is 489 g/mol. The topological polar surface area (TPSA) is 249 Å². The normalized spacial score (nSPS) is 14.5. The minimum Gasteiger partial charge on any atom is -0.480 e. The maximum atomic E-state index is 12.8. The highest BCUT2D eigenvalue weighted by atomic mass is 16.4. The molecule has 34 heavy (non-hydrogen) atoms. The molecule has 0 spiro atoms. The smallest absolute Gasteiger partial charge is 0.326 e. The molecule has 0 saturated heterocycles. The van der Waals surface area contributed by atoms with Gasteiger partial charge in [-0.15, -0.1) is 0 Å². The average molecular weight is 490 g/mol. The van der Waals surface area contributed by atoms with E-state index < -0.39 is 54.5 Å². The molecule has 3 amide bonds. The van der Waals surface area contributed by atoms with E-state index in [1.807, 2.05) is 0 Å². The zero-order valence-electron chi connectivity index (χ0n) is 19.8. The number of carboxylic acids is 1. The number of hydrogen-bond donors (Lipinski definition) is 9. The van der Waals surface area contributed by atoms with E-state index in [0.29, 0.717) is 58.2 Å². The van der Waals surface area contributed by atoms with E-state index in [-0.39, 0.29) is 12.8 Å². The molecule has 4 unspecified atom stereocenters. The molecule has 0 heterocycles. The summed E-state index contributed by atoms with van der Waals surface area (Å²) in [5, 5.41) is 26.3. The number of nitrogens with two attached hydrogens (primary N) is 4. The third-order valence-corrected chi connectivity index (χ3v) is 5.26. The van der Waals surface area contributed by atoms with Crippen molar-refractivity contribution in [2.45, 2.75) is 82.0 Å². The average Bonchev–Trinajstić information content (AvgIpc) is 2.80. The van der Waals surface area contributed by atoms with E-state index in [2.05, 4.69) is 16.0 Å². The number of nitrogens with one attached hydrogen (secondary N) is 3. The molecule has 0 aliphatic heterocycles. The summed E-state index contributed by atoms with van der Waals surface area (Å²) in [6.07, 6.45) is 4.44. The van der Waals surface area contributed by atoms with Crippen LogP contribution in [0.3, 0.4) is 0 Å². The number of amides is 3. The first kappa shape index (κ1) is 31.7. The second-order valence-corrected chi connectivity index (χ2v) is 8.16. The van der Waals surface area contributed by atoms with Gasteiger partial charge in [0.15, 0.2) is 0 Å². The van der Waals surface area contributed by atoms with Crippen LogP contribution in [0.2, 0.25) is 0 Å². The standard InChI is InChI=1S/C21H43N7O6/c22-10-4-1-7-14(25)18(30)26-15(8-2-5-11-23)19(31)28-17(13-29)20(32)27-16(21(33)34)9-3-6-12-24/h14-17,29H,1-13,22-25H2,(H,26,30)(H,27,32)(H,28,31)(H,33,34). The molecule has 0 aromatic heterocycles. The fourth-order valence-corrected chi connectivity index (χ4v) is 3.17. The molecule has 0 radical (unpaired) electrons. The Labute approximate surface area is 200 Å². The molecular formula is C21H43N7O6. The van der Waals surface area contributed by atoms with Gasteiger partial charge < -0.3 is 49.1 Å². The Balaban J connectivity index is 5.13. The van der Waals surface area contributed by atoms with Crippen LogP contribution >= 0.6 is 0 Å². The summed E-state index contributed by atoms with van der Waals surface area (Å²) in [7, 11) is 0. The predicted octanol–water partition coefficient (Wildman–Crippen LogP) is -2.77. The number of hydrogen-bond acceptors (Lipinski definition) is 9. The van der Waals surface area contributed by atoms with Gasteiger partial charge in [-0.25, -0.2) is 4.79 Å². The molecule has 198 valence electrons. The van der Waals surface area contributed by atoms with Crippen LogP contribution in [-0.4, -0.2) is 84.3 Å². The molecule has 0 fully saturated rings. The van der Waals surface area contributed by atoms with Crippen molar-refractivity contribution in [1.82, 2.24) is 16.0 Å². The van der Waals surface area contributed by atoms with Crippen LogP contribution in [0.1, 0.15) is 57.8 Å². The van der Waals surface area contributed by atoms with Crippen LogP contribution in [0.4, 0.5) is 0 Å². The summed E-state index contributed by atoms with van der Waals surface area (Å²) in [6.45, 7) is 0.528. The number of aliphatic hydroxyl groups excluding tert-OH is 1. The zero-order chi connectivity index (χ0) is 25.9. The van der Waals surface area contributed by atoms with E-state index >= 15 is 0 Å². The summed E-state index contributed by atoms with van der Waals surface area (Å²) in [6, 6.07) is -4.40. The van der Waals surface area contributed by atoms with Crippen LogP contribution in [0, 0.1) is 0 Å². The number of unbranched alkanes of at least 4 members (excludes halogenated alkanes) is 3. The lowest BCUT2D eigenvalue weighted by Crippen LogP contribution is -2.58. The summed E-state index contributed by atoms with van der Waals surface area (Å²) in [5.74, 6) is -3.28. The molecule has 0 aromatic carbocycles. The minimum atomic E-state index is -1.39. The van der Waals surface area contributed by atoms with Crippen molar-refractivity contribution in [2.24, 2.45) is 22.9 Å². The zero-order valence-corrected chi connectivity index (χ0v) is 19.8. The highest BCUT2D eigenvalue weighted by Crippen LogP contribution is 2.05. The van der Waals surface area contributed by atoms with Gasteiger partial charge >= 0.3 is 5.97 Å². The van der Waals surface area contributed by atoms with Gasteiger partial charge in [0.05, 0.1) is 12.6 Å². The van der Waals surface area contributed by atoms with Crippen molar-refractivity contribution in [1.29, 1.82) is 0 Å². The fourth-order valence-electron chi connectivity index (χ4n) is 3.17. The third kappa shape index (κ3) is 13.4. The first-order chi connectivity index (χ1) is 16.2. The van der Waals surface area contributed by atoms with Crippen LogP contribution in [0.5, 0.6) is 0 Å². The quantitative estimate of drug-likeness (QED) is 0.0796. The van der Waals surface area contributed by atoms with Gasteiger partial charge in [0.1, 0.15) is 18.1 Å². The second-order valence-electron chi connectivity index (χ2n) is 8.16. The minimum absolute atomic E-state index is 0.157. The Bertz CT molecular complexity index is 622. The number of carbonyl (C=O) groups excluding carboxylic acids is 3. The number of aliphatic hydroxyl groups is 1. The Kier molecular flexibility index (Phi) is 17.7. The maximum Gasteiger partial charge on any atom is 0.326 e. The van der Waals surface area contributed by atoms with Gasteiger partial charge in [0, 0.05) is 0 Å². The summed E-state index contributed by atoms with van der Waals surface area (Å²) in [5.41, 5.74) is 22.3. The van der Waals surface area contributed by atoms with Gasteiger partial charge in [-0.05, 0) is 71.0 Å². The molecule has 13 nitrogen and oxygen atoms in total. The van der Waals surface area contributed by atoms with Crippen molar-refractivity contribution in [2.75, 3.05) is 26.2 Å². The van der Waals surface area contributed by atoms with Crippen LogP contribution in [0.15, 0.2) is 0 Å². The number of rotatable bonds is 20. The fraction of sp³-hybridized carbons (Fsp3) is 0.810. The Morgan fingerprint density at radius 2 is 1.03 bits per heavy atom. The third-order valence-electron chi connectivity index (χ3n) is 5.26. The highest BCUT2D eigenvalue weighted by Gasteiger charge is 2.29. The highest BCUT2D eigenvalue weighted by molar-refractivity contribution is 5.94. The Hall–Kier alpha value is -2.32. The Morgan fingerprint density at radius 3 is 1.50 bits per heavy atom. The van der Waals surface area contributed by atoms with Gasteiger partial charge in [-0.3, -0.25) is 14.4 Å². The molecule has 0 saturated carbocycles. The second kappa shape index (κ2) is 19.0. The molecule has 0 aromatic rings. The van der Waals surface area contributed by atoms with Crippen molar-refractivity contribution in [3.63, 3.8) is 0 Å². The van der Waals surface area contributed by atoms with Crippen molar-refractivity contribution in [3.8, 4) is 0 Å². The van der Waals surface area contributed by atoms with E-state index in [1.54, 1.807) is 0 Å². The number of carbonyl (C=O) groups is 4. The maximum absolute atomic E-state index is 12.8. The van der Waals surface area contributed by atoms with Crippen LogP contribution < -0.4 is 38.9 Å². The van der Waals surface area contributed by atoms with Crippen molar-refractivity contribution < 1.29 is 29.4 Å². The number of carboxylic acid groups (broad SMARTS) is 1. The lowest BCUT2D eigenvalue weighted by molar-refractivity contribution is -0.142. The molecule has 0 bridgehead atoms. The summed E-state index contributed by atoms with van der Waals surface area (Å²) >= 11 is 0. The SMILES string of the molecule is NCCCCC(N)C(=O)NC(CCCCN)C(=O)NC(CO)C(=O)NC(CCCCN)C(=O)O. The van der Waals surface area contributed by atoms with E-state index in [9.17, 15) is 29.4 Å². The van der Waals surface area contributed by atoms with Gasteiger partial charge in [-0.1, -0.05) is 6.42 Å². The largest absolute Gasteiger partial charge is 0.480 e. The van der Waals surface area contributed by atoms with Crippen LogP contribution in [-0.2, 0) is 19.2 Å². The Morgan fingerprint density at radius 1 is 0.618 bits per heavy atom. The molecular weight excluding hydrogens is 446 g/mol. The molecule has 0 aliphatic rings. The first-order valence-corrected chi connectivity index (χ1v) is 11.8. The molecule has 4 atom stereocenters.